The SMILES string of the molecule is CN1CCC(CNC(=O)NCc2ccccc2CC(F)(F)F)CC1=O. The van der Waals surface area contributed by atoms with Crippen LogP contribution in [0.3, 0.4) is 0 Å². The maximum atomic E-state index is 12.6. The highest BCUT2D eigenvalue weighted by atomic mass is 19.4. The quantitative estimate of drug-likeness (QED) is 0.850. The van der Waals surface area contributed by atoms with Gasteiger partial charge in [-0.2, -0.15) is 13.2 Å². The molecule has 1 fully saturated rings. The minimum atomic E-state index is -4.29. The van der Waals surface area contributed by atoms with Crippen LogP contribution in [0, 0.1) is 5.92 Å². The normalized spacial score (nSPS) is 18.2. The van der Waals surface area contributed by atoms with Gasteiger partial charge in [-0.3, -0.25) is 4.79 Å². The molecule has 1 heterocycles. The van der Waals surface area contributed by atoms with Crippen LogP contribution < -0.4 is 10.6 Å². The number of hydrogen-bond acceptors (Lipinski definition) is 2. The second-order valence-electron chi connectivity index (χ2n) is 6.30. The van der Waals surface area contributed by atoms with Gasteiger partial charge < -0.3 is 15.5 Å². The fourth-order valence-corrected chi connectivity index (χ4v) is 2.77. The Labute approximate surface area is 144 Å². The molecular weight excluding hydrogens is 335 g/mol. The van der Waals surface area contributed by atoms with Crippen LogP contribution in [0.1, 0.15) is 24.0 Å². The maximum absolute atomic E-state index is 12.6. The number of nitrogens with one attached hydrogen (secondary N) is 2. The van der Waals surface area contributed by atoms with Gasteiger partial charge in [-0.25, -0.2) is 4.79 Å². The van der Waals surface area contributed by atoms with Crippen LogP contribution in [0.15, 0.2) is 24.3 Å². The molecule has 138 valence electrons. The third-order valence-electron chi connectivity index (χ3n) is 4.26. The van der Waals surface area contributed by atoms with E-state index in [-0.39, 0.29) is 23.9 Å². The van der Waals surface area contributed by atoms with Crippen molar-refractivity contribution in [1.29, 1.82) is 0 Å². The number of likely N-dealkylation sites (tertiary alicyclic amines) is 1. The summed E-state index contributed by atoms with van der Waals surface area (Å²) in [5.41, 5.74) is 0.584. The van der Waals surface area contributed by atoms with Crippen LogP contribution in [-0.2, 0) is 17.8 Å². The molecule has 0 aromatic heterocycles. The predicted molar refractivity (Wildman–Crippen MR) is 86.8 cm³/mol. The van der Waals surface area contributed by atoms with Crippen molar-refractivity contribution in [3.63, 3.8) is 0 Å². The molecule has 1 unspecified atom stereocenters. The Balaban J connectivity index is 1.80. The first-order valence-electron chi connectivity index (χ1n) is 8.14. The van der Waals surface area contributed by atoms with E-state index in [1.807, 2.05) is 0 Å². The number of hydrogen-bond donors (Lipinski definition) is 2. The first kappa shape index (κ1) is 19.1. The molecule has 0 aliphatic carbocycles. The molecule has 25 heavy (non-hydrogen) atoms. The first-order valence-corrected chi connectivity index (χ1v) is 8.14. The van der Waals surface area contributed by atoms with Crippen LogP contribution in [-0.4, -0.2) is 43.2 Å². The Hall–Kier alpha value is -2.25. The number of alkyl halides is 3. The second-order valence-corrected chi connectivity index (χ2v) is 6.30. The van der Waals surface area contributed by atoms with Crippen LogP contribution in [0.5, 0.6) is 0 Å². The number of amides is 3. The fraction of sp³-hybridized carbons (Fsp3) is 0.529. The van der Waals surface area contributed by atoms with E-state index in [2.05, 4.69) is 10.6 Å². The molecule has 0 bridgehead atoms. The van der Waals surface area contributed by atoms with E-state index in [0.29, 0.717) is 25.1 Å². The third kappa shape index (κ3) is 6.28. The Morgan fingerprint density at radius 2 is 1.92 bits per heavy atom. The summed E-state index contributed by atoms with van der Waals surface area (Å²) >= 11 is 0. The molecule has 8 heteroatoms. The molecular formula is C17H22F3N3O2. The minimum Gasteiger partial charge on any atom is -0.346 e. The molecule has 2 rings (SSSR count). The summed E-state index contributed by atoms with van der Waals surface area (Å²) in [6.45, 7) is 1.05. The van der Waals surface area contributed by atoms with Gasteiger partial charge in [-0.1, -0.05) is 24.3 Å². The largest absolute Gasteiger partial charge is 0.393 e. The molecule has 0 saturated carbocycles. The highest BCUT2D eigenvalue weighted by Gasteiger charge is 2.28. The minimum absolute atomic E-state index is 0.0183. The molecule has 2 N–H and O–H groups in total. The number of nitrogens with zero attached hydrogens (tertiary/aromatic N) is 1. The van der Waals surface area contributed by atoms with Crippen molar-refractivity contribution < 1.29 is 22.8 Å². The van der Waals surface area contributed by atoms with Crippen LogP contribution in [0.4, 0.5) is 18.0 Å². The zero-order chi connectivity index (χ0) is 18.4. The summed E-state index contributed by atoms with van der Waals surface area (Å²) in [4.78, 5) is 25.1. The molecule has 1 saturated heterocycles. The lowest BCUT2D eigenvalue weighted by Gasteiger charge is -2.28. The van der Waals surface area contributed by atoms with Gasteiger partial charge in [0.15, 0.2) is 0 Å². The molecule has 1 aromatic rings. The van der Waals surface area contributed by atoms with Gasteiger partial charge in [-0.05, 0) is 23.5 Å². The molecule has 1 aliphatic rings. The molecule has 1 atom stereocenters. The van der Waals surface area contributed by atoms with E-state index in [1.165, 1.54) is 6.07 Å². The topological polar surface area (TPSA) is 61.4 Å². The maximum Gasteiger partial charge on any atom is 0.393 e. The fourth-order valence-electron chi connectivity index (χ4n) is 2.77. The average molecular weight is 357 g/mol. The Morgan fingerprint density at radius 3 is 2.56 bits per heavy atom. The summed E-state index contributed by atoms with van der Waals surface area (Å²) in [5.74, 6) is 0.145. The molecule has 5 nitrogen and oxygen atoms in total. The van der Waals surface area contributed by atoms with E-state index in [4.69, 9.17) is 0 Å². The number of rotatable bonds is 5. The number of carbonyl (C=O) groups excluding carboxylic acids is 2. The van der Waals surface area contributed by atoms with Crippen molar-refractivity contribution in [1.82, 2.24) is 15.5 Å². The van der Waals surface area contributed by atoms with E-state index < -0.39 is 18.6 Å². The van der Waals surface area contributed by atoms with Crippen molar-refractivity contribution >= 4 is 11.9 Å². The van der Waals surface area contributed by atoms with E-state index in [9.17, 15) is 22.8 Å². The molecule has 0 radical (unpaired) electrons. The highest BCUT2D eigenvalue weighted by Crippen LogP contribution is 2.23. The number of carbonyl (C=O) groups is 2. The second kappa shape index (κ2) is 8.22. The van der Waals surface area contributed by atoms with Gasteiger partial charge >= 0.3 is 12.2 Å². The van der Waals surface area contributed by atoms with Crippen molar-refractivity contribution in [3.05, 3.63) is 35.4 Å². The summed E-state index contributed by atoms with van der Waals surface area (Å²) in [6.07, 6.45) is -4.11. The molecule has 3 amide bonds. The van der Waals surface area contributed by atoms with Crippen molar-refractivity contribution in [2.45, 2.75) is 32.0 Å². The van der Waals surface area contributed by atoms with E-state index in [0.717, 1.165) is 6.42 Å². The number of urea groups is 1. The molecule has 0 spiro atoms. The summed E-state index contributed by atoms with van der Waals surface area (Å²) in [5, 5.41) is 5.25. The van der Waals surface area contributed by atoms with Gasteiger partial charge in [0.2, 0.25) is 5.91 Å². The lowest BCUT2D eigenvalue weighted by Crippen LogP contribution is -2.42. The summed E-state index contributed by atoms with van der Waals surface area (Å²) in [7, 11) is 1.75. The third-order valence-corrected chi connectivity index (χ3v) is 4.26. The van der Waals surface area contributed by atoms with E-state index in [1.54, 1.807) is 30.1 Å². The predicted octanol–water partition coefficient (Wildman–Crippen LogP) is 2.46. The van der Waals surface area contributed by atoms with Gasteiger partial charge in [0.25, 0.3) is 0 Å². The smallest absolute Gasteiger partial charge is 0.346 e. The Bertz CT molecular complexity index is 619. The molecule has 1 aromatic carbocycles. The molecule has 1 aliphatic heterocycles. The first-order chi connectivity index (χ1) is 11.7. The highest BCUT2D eigenvalue weighted by molar-refractivity contribution is 5.77. The zero-order valence-corrected chi connectivity index (χ0v) is 14.0. The zero-order valence-electron chi connectivity index (χ0n) is 14.0. The Morgan fingerprint density at radius 1 is 1.24 bits per heavy atom. The van der Waals surface area contributed by atoms with E-state index >= 15 is 0 Å². The lowest BCUT2D eigenvalue weighted by atomic mass is 9.96. The number of piperidine rings is 1. The van der Waals surface area contributed by atoms with Crippen molar-refractivity contribution in [3.8, 4) is 0 Å². The Kier molecular flexibility index (Phi) is 6.27. The average Bonchev–Trinajstić information content (AvgIpc) is 2.54. The monoisotopic (exact) mass is 357 g/mol. The standard InChI is InChI=1S/C17H22F3N3O2/c1-23-7-6-12(8-15(23)24)10-21-16(25)22-11-14-5-3-2-4-13(14)9-17(18,19)20/h2-5,12H,6-11H2,1H3,(H2,21,22,25). The lowest BCUT2D eigenvalue weighted by molar-refractivity contribution is -0.133. The number of halogens is 3. The van der Waals surface area contributed by atoms with Crippen molar-refractivity contribution in [2.24, 2.45) is 5.92 Å². The summed E-state index contributed by atoms with van der Waals surface area (Å²) in [6, 6.07) is 5.71. The van der Waals surface area contributed by atoms with Gasteiger partial charge in [0.1, 0.15) is 0 Å². The van der Waals surface area contributed by atoms with Crippen molar-refractivity contribution in [2.75, 3.05) is 20.1 Å². The van der Waals surface area contributed by atoms with Crippen LogP contribution >= 0.6 is 0 Å². The van der Waals surface area contributed by atoms with Crippen LogP contribution in [0.25, 0.3) is 0 Å². The van der Waals surface area contributed by atoms with Gasteiger partial charge in [0.05, 0.1) is 6.42 Å². The van der Waals surface area contributed by atoms with Crippen LogP contribution in [0.2, 0.25) is 0 Å². The number of benzene rings is 1. The summed E-state index contributed by atoms with van der Waals surface area (Å²) < 4.78 is 37.7. The van der Waals surface area contributed by atoms with Gasteiger partial charge in [-0.15, -0.1) is 0 Å². The van der Waals surface area contributed by atoms with Gasteiger partial charge in [0, 0.05) is 33.1 Å².